The number of hydrogen-bond donors (Lipinski definition) is 1. The second-order valence-electron chi connectivity index (χ2n) is 4.35. The zero-order valence-corrected chi connectivity index (χ0v) is 11.2. The van der Waals surface area contributed by atoms with Crippen molar-refractivity contribution in [1.82, 2.24) is 0 Å². The Morgan fingerprint density at radius 3 is 2.58 bits per heavy atom. The van der Waals surface area contributed by atoms with E-state index in [2.05, 4.69) is 24.4 Å². The van der Waals surface area contributed by atoms with E-state index >= 15 is 0 Å². The third-order valence-electron chi connectivity index (χ3n) is 2.92. The van der Waals surface area contributed by atoms with Gasteiger partial charge in [-0.1, -0.05) is 30.3 Å². The summed E-state index contributed by atoms with van der Waals surface area (Å²) in [7, 11) is 0. The fourth-order valence-electron chi connectivity index (χ4n) is 1.95. The molecule has 0 radical (unpaired) electrons. The molecule has 2 rings (SSSR count). The summed E-state index contributed by atoms with van der Waals surface area (Å²) < 4.78 is 18.7. The number of hydrogen-bond acceptors (Lipinski definition) is 2. The van der Waals surface area contributed by atoms with Crippen molar-refractivity contribution in [2.75, 3.05) is 11.9 Å². The van der Waals surface area contributed by atoms with Crippen molar-refractivity contribution in [2.45, 2.75) is 19.9 Å². The molecule has 0 saturated heterocycles. The molecule has 0 heterocycles. The second kappa shape index (κ2) is 6.23. The highest BCUT2D eigenvalue weighted by Gasteiger charge is 2.09. The zero-order valence-electron chi connectivity index (χ0n) is 11.2. The van der Waals surface area contributed by atoms with E-state index in [-0.39, 0.29) is 11.9 Å². The summed E-state index contributed by atoms with van der Waals surface area (Å²) in [5.41, 5.74) is 1.98. The molecule has 2 nitrogen and oxygen atoms in total. The lowest BCUT2D eigenvalue weighted by molar-refractivity contribution is 0.339. The number of anilines is 1. The van der Waals surface area contributed by atoms with Crippen LogP contribution in [0.15, 0.2) is 48.5 Å². The van der Waals surface area contributed by atoms with Gasteiger partial charge in [0.15, 0.2) is 0 Å². The van der Waals surface area contributed by atoms with Crippen molar-refractivity contribution in [3.8, 4) is 5.75 Å². The van der Waals surface area contributed by atoms with E-state index in [0.717, 1.165) is 5.69 Å². The topological polar surface area (TPSA) is 21.3 Å². The molecule has 2 aromatic rings. The summed E-state index contributed by atoms with van der Waals surface area (Å²) >= 11 is 0. The van der Waals surface area contributed by atoms with Crippen LogP contribution in [0.4, 0.5) is 10.1 Å². The zero-order chi connectivity index (χ0) is 13.7. The first-order chi connectivity index (χ1) is 9.20. The van der Waals surface area contributed by atoms with Crippen LogP contribution >= 0.6 is 0 Å². The Labute approximate surface area is 113 Å². The Morgan fingerprint density at radius 2 is 1.89 bits per heavy atom. The van der Waals surface area contributed by atoms with Gasteiger partial charge in [0.2, 0.25) is 0 Å². The molecular formula is C16H18FNO. The van der Waals surface area contributed by atoms with E-state index < -0.39 is 0 Å². The van der Waals surface area contributed by atoms with Crippen molar-refractivity contribution >= 4 is 5.69 Å². The number of benzene rings is 2. The van der Waals surface area contributed by atoms with E-state index in [1.807, 2.05) is 25.1 Å². The third-order valence-corrected chi connectivity index (χ3v) is 2.92. The van der Waals surface area contributed by atoms with Crippen LogP contribution in [-0.4, -0.2) is 6.61 Å². The molecule has 0 aliphatic heterocycles. The Bertz CT molecular complexity index is 528. The van der Waals surface area contributed by atoms with Crippen molar-refractivity contribution in [2.24, 2.45) is 0 Å². The highest BCUT2D eigenvalue weighted by molar-refractivity contribution is 5.57. The van der Waals surface area contributed by atoms with E-state index in [0.29, 0.717) is 12.4 Å². The quantitative estimate of drug-likeness (QED) is 0.859. The van der Waals surface area contributed by atoms with Gasteiger partial charge in [-0.05, 0) is 31.5 Å². The summed E-state index contributed by atoms with van der Waals surface area (Å²) in [5, 5.41) is 3.35. The lowest BCUT2D eigenvalue weighted by Gasteiger charge is -2.18. The Kier molecular flexibility index (Phi) is 4.39. The molecule has 0 bridgehead atoms. The molecule has 1 N–H and O–H groups in total. The van der Waals surface area contributed by atoms with Crippen LogP contribution in [0.2, 0.25) is 0 Å². The third kappa shape index (κ3) is 3.47. The average Bonchev–Trinajstić information content (AvgIpc) is 2.43. The lowest BCUT2D eigenvalue weighted by atomic mass is 10.1. The van der Waals surface area contributed by atoms with Gasteiger partial charge in [-0.2, -0.15) is 0 Å². The number of nitrogens with one attached hydrogen (secondary N) is 1. The Balaban J connectivity index is 2.18. The lowest BCUT2D eigenvalue weighted by Crippen LogP contribution is -2.08. The molecule has 100 valence electrons. The molecule has 0 aliphatic carbocycles. The molecule has 3 heteroatoms. The molecule has 1 atom stereocenters. The summed E-state index contributed by atoms with van der Waals surface area (Å²) in [6.07, 6.45) is 0. The van der Waals surface area contributed by atoms with Gasteiger partial charge in [0.25, 0.3) is 0 Å². The van der Waals surface area contributed by atoms with Gasteiger partial charge in [0.1, 0.15) is 11.6 Å². The van der Waals surface area contributed by atoms with Gasteiger partial charge in [0.05, 0.1) is 12.3 Å². The maximum absolute atomic E-state index is 13.2. The largest absolute Gasteiger partial charge is 0.492 e. The molecule has 0 spiro atoms. The van der Waals surface area contributed by atoms with Crippen LogP contribution in [0.1, 0.15) is 25.5 Å². The molecule has 0 aliphatic rings. The maximum atomic E-state index is 13.2. The molecule has 0 saturated carbocycles. The first kappa shape index (κ1) is 13.4. The van der Waals surface area contributed by atoms with Gasteiger partial charge < -0.3 is 10.1 Å². The fraction of sp³-hybridized carbons (Fsp3) is 0.250. The maximum Gasteiger partial charge on any atom is 0.145 e. The van der Waals surface area contributed by atoms with Gasteiger partial charge >= 0.3 is 0 Å². The van der Waals surface area contributed by atoms with Crippen LogP contribution in [0.25, 0.3) is 0 Å². The van der Waals surface area contributed by atoms with E-state index in [4.69, 9.17) is 4.74 Å². The predicted octanol–water partition coefficient (Wildman–Crippen LogP) is 4.40. The summed E-state index contributed by atoms with van der Waals surface area (Å²) in [6, 6.07) is 14.8. The van der Waals surface area contributed by atoms with Gasteiger partial charge in [-0.3, -0.25) is 0 Å². The van der Waals surface area contributed by atoms with Crippen LogP contribution in [0.5, 0.6) is 5.75 Å². The van der Waals surface area contributed by atoms with Crippen LogP contribution in [-0.2, 0) is 0 Å². The van der Waals surface area contributed by atoms with Crippen molar-refractivity contribution in [1.29, 1.82) is 0 Å². The monoisotopic (exact) mass is 259 g/mol. The minimum absolute atomic E-state index is 0.130. The van der Waals surface area contributed by atoms with Crippen LogP contribution in [0.3, 0.4) is 0 Å². The number of halogens is 1. The molecule has 0 amide bonds. The smallest absolute Gasteiger partial charge is 0.145 e. The Morgan fingerprint density at radius 1 is 1.16 bits per heavy atom. The van der Waals surface area contributed by atoms with Crippen LogP contribution < -0.4 is 10.1 Å². The molecule has 1 unspecified atom stereocenters. The normalized spacial score (nSPS) is 11.9. The standard InChI is InChI=1S/C16H18FNO/c1-3-19-16-11-14(17)9-10-15(16)18-12(2)13-7-5-4-6-8-13/h4-12,18H,3H2,1-2H3. The van der Waals surface area contributed by atoms with Gasteiger partial charge in [0, 0.05) is 12.1 Å². The Hall–Kier alpha value is -2.03. The second-order valence-corrected chi connectivity index (χ2v) is 4.35. The predicted molar refractivity (Wildman–Crippen MR) is 76.0 cm³/mol. The molecular weight excluding hydrogens is 241 g/mol. The van der Waals surface area contributed by atoms with E-state index in [1.54, 1.807) is 6.07 Å². The van der Waals surface area contributed by atoms with E-state index in [9.17, 15) is 4.39 Å². The highest BCUT2D eigenvalue weighted by atomic mass is 19.1. The van der Waals surface area contributed by atoms with Gasteiger partial charge in [-0.15, -0.1) is 0 Å². The van der Waals surface area contributed by atoms with Crippen molar-refractivity contribution in [3.63, 3.8) is 0 Å². The highest BCUT2D eigenvalue weighted by Crippen LogP contribution is 2.29. The SMILES string of the molecule is CCOc1cc(F)ccc1NC(C)c1ccccc1. The van der Waals surface area contributed by atoms with Crippen molar-refractivity contribution in [3.05, 3.63) is 59.9 Å². The first-order valence-electron chi connectivity index (χ1n) is 6.44. The fourth-order valence-corrected chi connectivity index (χ4v) is 1.95. The van der Waals surface area contributed by atoms with Crippen LogP contribution in [0, 0.1) is 5.82 Å². The van der Waals surface area contributed by atoms with Gasteiger partial charge in [-0.25, -0.2) is 4.39 Å². The molecule has 19 heavy (non-hydrogen) atoms. The number of ether oxygens (including phenoxy) is 1. The average molecular weight is 259 g/mol. The van der Waals surface area contributed by atoms with Crippen molar-refractivity contribution < 1.29 is 9.13 Å². The minimum Gasteiger partial charge on any atom is -0.492 e. The summed E-state index contributed by atoms with van der Waals surface area (Å²) in [4.78, 5) is 0. The number of rotatable bonds is 5. The van der Waals surface area contributed by atoms with E-state index in [1.165, 1.54) is 17.7 Å². The first-order valence-corrected chi connectivity index (χ1v) is 6.44. The summed E-state index contributed by atoms with van der Waals surface area (Å²) in [6.45, 7) is 4.46. The minimum atomic E-state index is -0.290. The molecule has 0 fully saturated rings. The molecule has 0 aromatic heterocycles. The molecule has 2 aromatic carbocycles. The summed E-state index contributed by atoms with van der Waals surface area (Å²) in [5.74, 6) is 0.256.